The van der Waals surface area contributed by atoms with Crippen LogP contribution in [0, 0.1) is 10.1 Å². The Morgan fingerprint density at radius 2 is 2.14 bits per heavy atom. The third-order valence-electron chi connectivity index (χ3n) is 3.23. The third kappa shape index (κ3) is 3.75. The lowest BCUT2D eigenvalue weighted by Crippen LogP contribution is -2.18. The van der Waals surface area contributed by atoms with Crippen molar-refractivity contribution in [3.63, 3.8) is 0 Å². The van der Waals surface area contributed by atoms with Gasteiger partial charge < -0.3 is 5.32 Å². The van der Waals surface area contributed by atoms with Gasteiger partial charge in [-0.25, -0.2) is 0 Å². The SMILES string of the molecule is CC(CCS(C)=O)Nc1ccc([N+](=O)[O-])c2cnccc12. The fraction of sp³-hybridized carbons (Fsp3) is 0.357. The van der Waals surface area contributed by atoms with E-state index >= 15 is 0 Å². The molecule has 0 radical (unpaired) electrons. The molecule has 0 aliphatic rings. The lowest BCUT2D eigenvalue weighted by atomic mass is 10.1. The number of nitro benzene ring substituents is 1. The van der Waals surface area contributed by atoms with E-state index in [-0.39, 0.29) is 11.7 Å². The Morgan fingerprint density at radius 3 is 2.81 bits per heavy atom. The Morgan fingerprint density at radius 1 is 1.38 bits per heavy atom. The number of fused-ring (bicyclic) bond motifs is 1. The van der Waals surface area contributed by atoms with Crippen molar-refractivity contribution in [2.45, 2.75) is 19.4 Å². The number of rotatable bonds is 6. The maximum atomic E-state index is 11.1. The Kier molecular flexibility index (Phi) is 4.85. The molecule has 0 saturated carbocycles. The largest absolute Gasteiger partial charge is 0.382 e. The molecule has 1 heterocycles. The molecule has 21 heavy (non-hydrogen) atoms. The van der Waals surface area contributed by atoms with Crippen molar-refractivity contribution >= 4 is 32.9 Å². The van der Waals surface area contributed by atoms with E-state index in [2.05, 4.69) is 10.3 Å². The van der Waals surface area contributed by atoms with Gasteiger partial charge in [0.15, 0.2) is 0 Å². The van der Waals surface area contributed by atoms with Crippen LogP contribution in [0.1, 0.15) is 13.3 Å². The summed E-state index contributed by atoms with van der Waals surface area (Å²) in [4.78, 5) is 14.6. The van der Waals surface area contributed by atoms with Crippen molar-refractivity contribution in [3.8, 4) is 0 Å². The number of aromatic nitrogens is 1. The number of pyridine rings is 1. The number of benzene rings is 1. The maximum Gasteiger partial charge on any atom is 0.278 e. The Labute approximate surface area is 125 Å². The maximum absolute atomic E-state index is 11.1. The molecule has 0 aliphatic heterocycles. The predicted molar refractivity (Wildman–Crippen MR) is 85.0 cm³/mol. The third-order valence-corrected chi connectivity index (χ3v) is 4.04. The zero-order chi connectivity index (χ0) is 15.4. The molecule has 7 heteroatoms. The molecule has 0 fully saturated rings. The number of nitro groups is 1. The van der Waals surface area contributed by atoms with E-state index in [9.17, 15) is 14.3 Å². The standard InChI is InChI=1S/C14H17N3O3S/c1-10(6-8-21(2)20)16-13-3-4-14(17(18)19)12-9-15-7-5-11(12)13/h3-5,7,9-10,16H,6,8H2,1-2H3. The molecule has 1 aromatic heterocycles. The topological polar surface area (TPSA) is 85.1 Å². The normalized spacial score (nSPS) is 13.8. The van der Waals surface area contributed by atoms with Crippen LogP contribution in [0.3, 0.4) is 0 Å². The highest BCUT2D eigenvalue weighted by atomic mass is 32.2. The van der Waals surface area contributed by atoms with Crippen molar-refractivity contribution < 1.29 is 9.13 Å². The number of anilines is 1. The van der Waals surface area contributed by atoms with E-state index in [1.807, 2.05) is 6.92 Å². The highest BCUT2D eigenvalue weighted by Crippen LogP contribution is 2.31. The predicted octanol–water partition coefficient (Wildman–Crippen LogP) is 2.71. The molecule has 0 amide bonds. The summed E-state index contributed by atoms with van der Waals surface area (Å²) in [7, 11) is -0.820. The second-order valence-corrected chi connectivity index (χ2v) is 6.48. The molecule has 1 aromatic carbocycles. The number of nitrogens with one attached hydrogen (secondary N) is 1. The number of hydrogen-bond acceptors (Lipinski definition) is 5. The highest BCUT2D eigenvalue weighted by molar-refractivity contribution is 7.84. The molecule has 112 valence electrons. The molecule has 2 aromatic rings. The summed E-state index contributed by atoms with van der Waals surface area (Å²) in [5, 5.41) is 15.7. The van der Waals surface area contributed by atoms with Crippen LogP contribution in [0.15, 0.2) is 30.6 Å². The van der Waals surface area contributed by atoms with E-state index < -0.39 is 15.7 Å². The highest BCUT2D eigenvalue weighted by Gasteiger charge is 2.15. The van der Waals surface area contributed by atoms with Crippen LogP contribution in [0.4, 0.5) is 11.4 Å². The van der Waals surface area contributed by atoms with Crippen LogP contribution in [-0.4, -0.2) is 32.2 Å². The van der Waals surface area contributed by atoms with Gasteiger partial charge in [-0.2, -0.15) is 0 Å². The minimum absolute atomic E-state index is 0.0472. The lowest BCUT2D eigenvalue weighted by Gasteiger charge is -2.16. The van der Waals surface area contributed by atoms with Crippen LogP contribution in [0.25, 0.3) is 10.8 Å². The summed E-state index contributed by atoms with van der Waals surface area (Å²) in [5.41, 5.74) is 0.873. The number of nitrogens with zero attached hydrogens (tertiary/aromatic N) is 2. The minimum Gasteiger partial charge on any atom is -0.382 e. The zero-order valence-electron chi connectivity index (χ0n) is 11.9. The molecule has 2 rings (SSSR count). The summed E-state index contributed by atoms with van der Waals surface area (Å²) < 4.78 is 11.1. The van der Waals surface area contributed by atoms with E-state index in [4.69, 9.17) is 0 Å². The van der Waals surface area contributed by atoms with E-state index in [1.165, 1.54) is 12.3 Å². The first-order valence-corrected chi connectivity index (χ1v) is 8.29. The van der Waals surface area contributed by atoms with Crippen LogP contribution in [0.5, 0.6) is 0 Å². The van der Waals surface area contributed by atoms with Gasteiger partial charge in [-0.1, -0.05) is 0 Å². The summed E-state index contributed by atoms with van der Waals surface area (Å²) in [6, 6.07) is 5.08. The number of hydrogen-bond donors (Lipinski definition) is 1. The van der Waals surface area contributed by atoms with Gasteiger partial charge in [0, 0.05) is 58.4 Å². The smallest absolute Gasteiger partial charge is 0.278 e. The van der Waals surface area contributed by atoms with Crippen molar-refractivity contribution in [2.24, 2.45) is 0 Å². The van der Waals surface area contributed by atoms with Gasteiger partial charge in [0.2, 0.25) is 0 Å². The van der Waals surface area contributed by atoms with E-state index in [0.717, 1.165) is 17.5 Å². The van der Waals surface area contributed by atoms with Gasteiger partial charge >= 0.3 is 0 Å². The van der Waals surface area contributed by atoms with E-state index in [0.29, 0.717) is 11.1 Å². The van der Waals surface area contributed by atoms with Gasteiger partial charge in [-0.05, 0) is 25.5 Å². The molecular weight excluding hydrogens is 290 g/mol. The first-order valence-electron chi connectivity index (χ1n) is 6.56. The van der Waals surface area contributed by atoms with Crippen molar-refractivity contribution in [2.75, 3.05) is 17.3 Å². The van der Waals surface area contributed by atoms with Crippen molar-refractivity contribution in [1.82, 2.24) is 4.98 Å². The monoisotopic (exact) mass is 307 g/mol. The summed E-state index contributed by atoms with van der Waals surface area (Å²) in [5.74, 6) is 0.626. The zero-order valence-corrected chi connectivity index (χ0v) is 12.7. The molecular formula is C14H17N3O3S. The van der Waals surface area contributed by atoms with Crippen LogP contribution in [0.2, 0.25) is 0 Å². The molecule has 0 saturated heterocycles. The molecule has 1 N–H and O–H groups in total. The molecule has 6 nitrogen and oxygen atoms in total. The fourth-order valence-electron chi connectivity index (χ4n) is 2.14. The molecule has 0 bridgehead atoms. The fourth-order valence-corrected chi connectivity index (χ4v) is 2.83. The summed E-state index contributed by atoms with van der Waals surface area (Å²) >= 11 is 0. The Hall–Kier alpha value is -2.02. The summed E-state index contributed by atoms with van der Waals surface area (Å²) in [6.07, 6.45) is 5.57. The second-order valence-electron chi connectivity index (χ2n) is 4.92. The van der Waals surface area contributed by atoms with Crippen LogP contribution in [-0.2, 0) is 10.8 Å². The average Bonchev–Trinajstić information content (AvgIpc) is 2.45. The molecule has 2 unspecified atom stereocenters. The van der Waals surface area contributed by atoms with Crippen LogP contribution >= 0.6 is 0 Å². The Bertz CT molecular complexity index is 690. The van der Waals surface area contributed by atoms with Crippen molar-refractivity contribution in [1.29, 1.82) is 0 Å². The quantitative estimate of drug-likeness (QED) is 0.655. The van der Waals surface area contributed by atoms with Gasteiger partial charge in [0.25, 0.3) is 5.69 Å². The number of non-ortho nitro benzene ring substituents is 1. The summed E-state index contributed by atoms with van der Waals surface area (Å²) in [6.45, 7) is 2.00. The van der Waals surface area contributed by atoms with Gasteiger partial charge in [0.1, 0.15) is 0 Å². The van der Waals surface area contributed by atoms with E-state index in [1.54, 1.807) is 24.6 Å². The van der Waals surface area contributed by atoms with Crippen LogP contribution < -0.4 is 5.32 Å². The van der Waals surface area contributed by atoms with Gasteiger partial charge in [-0.15, -0.1) is 0 Å². The first kappa shape index (κ1) is 15.4. The molecule has 0 aliphatic carbocycles. The van der Waals surface area contributed by atoms with Crippen molar-refractivity contribution in [3.05, 3.63) is 40.7 Å². The average molecular weight is 307 g/mol. The van der Waals surface area contributed by atoms with Gasteiger partial charge in [0.05, 0.1) is 10.3 Å². The van der Waals surface area contributed by atoms with Gasteiger partial charge in [-0.3, -0.25) is 19.3 Å². The lowest BCUT2D eigenvalue weighted by molar-refractivity contribution is -0.383. The molecule has 0 spiro atoms. The second kappa shape index (κ2) is 6.62. The Balaban J connectivity index is 2.31. The molecule has 2 atom stereocenters. The minimum atomic E-state index is -0.820. The first-order chi connectivity index (χ1) is 9.99.